The van der Waals surface area contributed by atoms with Gasteiger partial charge in [-0.05, 0) is 35.4 Å². The number of amides is 2. The van der Waals surface area contributed by atoms with Crippen LogP contribution in [0, 0.1) is 0 Å². The zero-order chi connectivity index (χ0) is 21.6. The molecule has 0 spiro atoms. The number of nitrogens with zero attached hydrogens (tertiary/aromatic N) is 2. The summed E-state index contributed by atoms with van der Waals surface area (Å²) in [4.78, 5) is 24.9. The fourth-order valence-electron chi connectivity index (χ4n) is 3.49. The van der Waals surface area contributed by atoms with Gasteiger partial charge in [0.1, 0.15) is 6.04 Å². The Labute approximate surface area is 180 Å². The van der Waals surface area contributed by atoms with Gasteiger partial charge in [0, 0.05) is 18.3 Å². The van der Waals surface area contributed by atoms with Gasteiger partial charge in [0.25, 0.3) is 0 Å². The van der Waals surface area contributed by atoms with Crippen molar-refractivity contribution in [2.45, 2.75) is 25.9 Å². The fourth-order valence-corrected chi connectivity index (χ4v) is 3.49. The van der Waals surface area contributed by atoms with Gasteiger partial charge in [-0.15, -0.1) is 0 Å². The monoisotopic (exact) mass is 412 g/mol. The Bertz CT molecular complexity index is 1200. The summed E-state index contributed by atoms with van der Waals surface area (Å²) in [6.07, 6.45) is 3.82. The number of hydrogen-bond donors (Lipinski definition) is 2. The van der Waals surface area contributed by atoms with Crippen molar-refractivity contribution >= 4 is 22.6 Å². The van der Waals surface area contributed by atoms with Crippen LogP contribution in [0.25, 0.3) is 16.5 Å². The molecule has 0 fully saturated rings. The molecule has 1 unspecified atom stereocenters. The van der Waals surface area contributed by atoms with Crippen LogP contribution >= 0.6 is 0 Å². The standard InChI is InChI=1S/C25H24N4O2/c1-18(28-24(30)14-21-10-7-9-20-8-5-6-13-23(20)21)25(31)26-15-19-16-27-29(17-19)22-11-3-2-4-12-22/h2-13,16-18H,14-15H2,1H3,(H,26,31)(H,28,30). The van der Waals surface area contributed by atoms with Crippen molar-refractivity contribution in [3.8, 4) is 5.69 Å². The Kier molecular flexibility index (Phi) is 6.08. The lowest BCUT2D eigenvalue weighted by Crippen LogP contribution is -2.45. The molecule has 156 valence electrons. The van der Waals surface area contributed by atoms with Crippen molar-refractivity contribution in [2.75, 3.05) is 0 Å². The van der Waals surface area contributed by atoms with Crippen LogP contribution < -0.4 is 10.6 Å². The predicted molar refractivity (Wildman–Crippen MR) is 121 cm³/mol. The van der Waals surface area contributed by atoms with Gasteiger partial charge < -0.3 is 10.6 Å². The van der Waals surface area contributed by atoms with E-state index in [1.54, 1.807) is 17.8 Å². The third-order valence-electron chi connectivity index (χ3n) is 5.13. The minimum absolute atomic E-state index is 0.184. The van der Waals surface area contributed by atoms with Crippen molar-refractivity contribution in [1.29, 1.82) is 0 Å². The van der Waals surface area contributed by atoms with E-state index < -0.39 is 6.04 Å². The van der Waals surface area contributed by atoms with Crippen LogP contribution in [0.3, 0.4) is 0 Å². The maximum atomic E-state index is 12.5. The van der Waals surface area contributed by atoms with E-state index in [1.807, 2.05) is 79.0 Å². The zero-order valence-electron chi connectivity index (χ0n) is 17.3. The molecular weight excluding hydrogens is 388 g/mol. The number of para-hydroxylation sites is 1. The molecule has 0 saturated carbocycles. The molecule has 0 radical (unpaired) electrons. The molecule has 1 atom stereocenters. The molecule has 1 aromatic heterocycles. The Hall–Kier alpha value is -3.93. The van der Waals surface area contributed by atoms with Crippen LogP contribution in [-0.4, -0.2) is 27.6 Å². The van der Waals surface area contributed by atoms with Gasteiger partial charge in [-0.25, -0.2) is 4.68 Å². The molecule has 6 nitrogen and oxygen atoms in total. The number of nitrogens with one attached hydrogen (secondary N) is 2. The number of benzene rings is 3. The summed E-state index contributed by atoms with van der Waals surface area (Å²) < 4.78 is 1.76. The molecule has 0 aliphatic carbocycles. The van der Waals surface area contributed by atoms with E-state index in [1.165, 1.54) is 0 Å². The molecule has 4 rings (SSSR count). The summed E-state index contributed by atoms with van der Waals surface area (Å²) in [6.45, 7) is 2.03. The van der Waals surface area contributed by atoms with Crippen LogP contribution in [0.2, 0.25) is 0 Å². The van der Waals surface area contributed by atoms with E-state index in [0.717, 1.165) is 27.6 Å². The summed E-state index contributed by atoms with van der Waals surface area (Å²) in [5.74, 6) is -0.422. The Morgan fingerprint density at radius 2 is 1.71 bits per heavy atom. The van der Waals surface area contributed by atoms with Gasteiger partial charge in [-0.1, -0.05) is 60.7 Å². The molecule has 6 heteroatoms. The van der Waals surface area contributed by atoms with E-state index in [0.29, 0.717) is 6.54 Å². The maximum absolute atomic E-state index is 12.5. The molecule has 0 saturated heterocycles. The van der Waals surface area contributed by atoms with E-state index in [2.05, 4.69) is 15.7 Å². The molecule has 3 aromatic carbocycles. The van der Waals surface area contributed by atoms with Gasteiger partial charge in [0.2, 0.25) is 11.8 Å². The second-order valence-corrected chi connectivity index (χ2v) is 7.45. The number of hydrogen-bond acceptors (Lipinski definition) is 3. The third kappa shape index (κ3) is 4.98. The number of aromatic nitrogens is 2. The quantitative estimate of drug-likeness (QED) is 0.489. The molecule has 0 bridgehead atoms. The van der Waals surface area contributed by atoms with E-state index >= 15 is 0 Å². The second kappa shape index (κ2) is 9.26. The minimum Gasteiger partial charge on any atom is -0.350 e. The molecular formula is C25H24N4O2. The molecule has 2 amide bonds. The first-order valence-electron chi connectivity index (χ1n) is 10.2. The van der Waals surface area contributed by atoms with Crippen molar-refractivity contribution in [3.63, 3.8) is 0 Å². The maximum Gasteiger partial charge on any atom is 0.242 e. The zero-order valence-corrected chi connectivity index (χ0v) is 17.3. The number of carbonyl (C=O) groups is 2. The van der Waals surface area contributed by atoms with Crippen LogP contribution in [0.15, 0.2) is 85.2 Å². The van der Waals surface area contributed by atoms with Gasteiger partial charge in [0.05, 0.1) is 18.3 Å². The van der Waals surface area contributed by atoms with Crippen molar-refractivity contribution in [2.24, 2.45) is 0 Å². The normalized spacial score (nSPS) is 11.8. The molecule has 31 heavy (non-hydrogen) atoms. The second-order valence-electron chi connectivity index (χ2n) is 7.45. The number of fused-ring (bicyclic) bond motifs is 1. The van der Waals surface area contributed by atoms with Gasteiger partial charge >= 0.3 is 0 Å². The van der Waals surface area contributed by atoms with E-state index in [4.69, 9.17) is 0 Å². The lowest BCUT2D eigenvalue weighted by Gasteiger charge is -2.14. The van der Waals surface area contributed by atoms with Crippen LogP contribution in [0.4, 0.5) is 0 Å². The van der Waals surface area contributed by atoms with E-state index in [9.17, 15) is 9.59 Å². The summed E-state index contributed by atoms with van der Waals surface area (Å²) in [7, 11) is 0. The molecule has 2 N–H and O–H groups in total. The average molecular weight is 412 g/mol. The molecule has 4 aromatic rings. The van der Waals surface area contributed by atoms with Gasteiger partial charge in [-0.3, -0.25) is 9.59 Å². The lowest BCUT2D eigenvalue weighted by molar-refractivity contribution is -0.128. The Morgan fingerprint density at radius 3 is 2.55 bits per heavy atom. The first kappa shape index (κ1) is 20.3. The highest BCUT2D eigenvalue weighted by atomic mass is 16.2. The highest BCUT2D eigenvalue weighted by Gasteiger charge is 2.16. The molecule has 0 aliphatic rings. The highest BCUT2D eigenvalue weighted by molar-refractivity contribution is 5.92. The Morgan fingerprint density at radius 1 is 0.968 bits per heavy atom. The van der Waals surface area contributed by atoms with Crippen LogP contribution in [0.5, 0.6) is 0 Å². The first-order chi connectivity index (χ1) is 15.1. The summed E-state index contributed by atoms with van der Waals surface area (Å²) >= 11 is 0. The summed E-state index contributed by atoms with van der Waals surface area (Å²) in [6, 6.07) is 23.0. The molecule has 1 heterocycles. The highest BCUT2D eigenvalue weighted by Crippen LogP contribution is 2.18. The van der Waals surface area contributed by atoms with Crippen LogP contribution in [0.1, 0.15) is 18.1 Å². The lowest BCUT2D eigenvalue weighted by atomic mass is 10.0. The van der Waals surface area contributed by atoms with Crippen molar-refractivity contribution in [1.82, 2.24) is 20.4 Å². The average Bonchev–Trinajstić information content (AvgIpc) is 3.27. The smallest absolute Gasteiger partial charge is 0.242 e. The predicted octanol–water partition coefficient (Wildman–Crippen LogP) is 3.39. The number of carbonyl (C=O) groups excluding carboxylic acids is 2. The van der Waals surface area contributed by atoms with Crippen LogP contribution in [-0.2, 0) is 22.6 Å². The minimum atomic E-state index is -0.633. The number of rotatable bonds is 7. The summed E-state index contributed by atoms with van der Waals surface area (Å²) in [5.41, 5.74) is 2.78. The largest absolute Gasteiger partial charge is 0.350 e. The summed E-state index contributed by atoms with van der Waals surface area (Å²) in [5, 5.41) is 12.1. The van der Waals surface area contributed by atoms with Crippen molar-refractivity contribution < 1.29 is 9.59 Å². The topological polar surface area (TPSA) is 76.0 Å². The van der Waals surface area contributed by atoms with E-state index in [-0.39, 0.29) is 18.2 Å². The SMILES string of the molecule is CC(NC(=O)Cc1cccc2ccccc12)C(=O)NCc1cnn(-c2ccccc2)c1. The third-order valence-corrected chi connectivity index (χ3v) is 5.13. The van der Waals surface area contributed by atoms with Gasteiger partial charge in [0.15, 0.2) is 0 Å². The Balaban J connectivity index is 1.30. The first-order valence-corrected chi connectivity index (χ1v) is 10.2. The van der Waals surface area contributed by atoms with Crippen molar-refractivity contribution in [3.05, 3.63) is 96.3 Å². The fraction of sp³-hybridized carbons (Fsp3) is 0.160. The molecule has 0 aliphatic heterocycles. The van der Waals surface area contributed by atoms with Gasteiger partial charge in [-0.2, -0.15) is 5.10 Å².